The number of unbranched alkanes of at least 4 members (excludes halogenated alkanes) is 6. The molecule has 3 nitrogen and oxygen atoms in total. The molecule has 1 aliphatic rings. The summed E-state index contributed by atoms with van der Waals surface area (Å²) in [6.45, 7) is 4.42. The van der Waals surface area contributed by atoms with Gasteiger partial charge in [-0.3, -0.25) is 4.79 Å². The Hall–Kier alpha value is -2.60. The predicted octanol–water partition coefficient (Wildman–Crippen LogP) is 9.37. The molecule has 0 amide bonds. The fourth-order valence-electron chi connectivity index (χ4n) is 5.33. The number of esters is 1. The van der Waals surface area contributed by atoms with Crippen molar-refractivity contribution in [3.05, 3.63) is 54.1 Å². The largest absolute Gasteiger partial charge is 0.427 e. The van der Waals surface area contributed by atoms with Gasteiger partial charge < -0.3 is 4.74 Å². The molecule has 2 aromatic carbocycles. The number of benzene rings is 2. The summed E-state index contributed by atoms with van der Waals surface area (Å²) in [5.41, 5.74) is 3.59. The van der Waals surface area contributed by atoms with Gasteiger partial charge in [-0.05, 0) is 73.3 Å². The molecule has 0 radical (unpaired) electrons. The maximum atomic E-state index is 12.1. The standard InChI is InChI=1S/C32H43NO2/c1-3-5-7-8-9-10-11-31(34)35-30-18-16-28(17-19-30)26-12-14-27(15-13-26)29-20-23-32(25-33,24-21-29)22-6-4-2/h12-19,29H,3-11,20-24H2,1-2H3/t29-,32-. The zero-order valence-electron chi connectivity index (χ0n) is 21.9. The van der Waals surface area contributed by atoms with Gasteiger partial charge in [0.15, 0.2) is 0 Å². The van der Waals surface area contributed by atoms with Gasteiger partial charge in [0.05, 0.1) is 11.5 Å². The first-order chi connectivity index (χ1) is 17.1. The normalized spacial score (nSPS) is 19.7. The molecule has 3 rings (SSSR count). The van der Waals surface area contributed by atoms with Crippen molar-refractivity contribution in [2.75, 3.05) is 0 Å². The minimum absolute atomic E-state index is 0.0910. The van der Waals surface area contributed by atoms with Crippen LogP contribution in [0.15, 0.2) is 48.5 Å². The van der Waals surface area contributed by atoms with Crippen LogP contribution >= 0.6 is 0 Å². The van der Waals surface area contributed by atoms with Crippen LogP contribution in [0.5, 0.6) is 5.75 Å². The van der Waals surface area contributed by atoms with Gasteiger partial charge in [-0.2, -0.15) is 5.26 Å². The monoisotopic (exact) mass is 473 g/mol. The van der Waals surface area contributed by atoms with Crippen LogP contribution in [-0.4, -0.2) is 5.97 Å². The van der Waals surface area contributed by atoms with E-state index in [2.05, 4.69) is 44.2 Å². The van der Waals surface area contributed by atoms with Crippen LogP contribution in [0.4, 0.5) is 0 Å². The quantitative estimate of drug-likeness (QED) is 0.165. The van der Waals surface area contributed by atoms with Crippen molar-refractivity contribution >= 4 is 5.97 Å². The Morgan fingerprint density at radius 3 is 2.03 bits per heavy atom. The highest BCUT2D eigenvalue weighted by atomic mass is 16.5. The molecular weight excluding hydrogens is 430 g/mol. The maximum Gasteiger partial charge on any atom is 0.311 e. The minimum atomic E-state index is -0.139. The summed E-state index contributed by atoms with van der Waals surface area (Å²) in [5.74, 6) is 1.04. The molecule has 2 aromatic rings. The van der Waals surface area contributed by atoms with Gasteiger partial charge >= 0.3 is 5.97 Å². The summed E-state index contributed by atoms with van der Waals surface area (Å²) >= 11 is 0. The number of ether oxygens (including phenoxy) is 1. The first-order valence-corrected chi connectivity index (χ1v) is 13.9. The molecule has 0 spiro atoms. The Morgan fingerprint density at radius 2 is 1.43 bits per heavy atom. The van der Waals surface area contributed by atoms with E-state index in [1.54, 1.807) is 0 Å². The first-order valence-electron chi connectivity index (χ1n) is 13.9. The van der Waals surface area contributed by atoms with E-state index in [0.29, 0.717) is 18.1 Å². The zero-order chi connectivity index (χ0) is 24.9. The van der Waals surface area contributed by atoms with E-state index in [-0.39, 0.29) is 11.4 Å². The van der Waals surface area contributed by atoms with Gasteiger partial charge in [0.25, 0.3) is 0 Å². The smallest absolute Gasteiger partial charge is 0.311 e. The van der Waals surface area contributed by atoms with E-state index >= 15 is 0 Å². The zero-order valence-corrected chi connectivity index (χ0v) is 21.9. The summed E-state index contributed by atoms with van der Waals surface area (Å²) < 4.78 is 5.52. The van der Waals surface area contributed by atoms with Crippen molar-refractivity contribution in [3.8, 4) is 22.9 Å². The third-order valence-corrected chi connectivity index (χ3v) is 7.72. The fourth-order valence-corrected chi connectivity index (χ4v) is 5.33. The molecule has 0 saturated heterocycles. The molecule has 1 aliphatic carbocycles. The van der Waals surface area contributed by atoms with Crippen molar-refractivity contribution in [3.63, 3.8) is 0 Å². The Balaban J connectivity index is 1.47. The SMILES string of the molecule is CCCCCCCCC(=O)Oc1ccc(-c2ccc([C@H]3CC[C@@](C#N)(CCCC)CC3)cc2)cc1. The number of nitriles is 1. The van der Waals surface area contributed by atoms with Gasteiger partial charge in [0.2, 0.25) is 0 Å². The number of hydrogen-bond donors (Lipinski definition) is 0. The average Bonchev–Trinajstić information content (AvgIpc) is 2.90. The van der Waals surface area contributed by atoms with Crippen molar-refractivity contribution < 1.29 is 9.53 Å². The van der Waals surface area contributed by atoms with E-state index < -0.39 is 0 Å². The number of rotatable bonds is 13. The molecule has 0 aromatic heterocycles. The summed E-state index contributed by atoms with van der Waals surface area (Å²) in [7, 11) is 0. The molecule has 0 atom stereocenters. The van der Waals surface area contributed by atoms with E-state index in [0.717, 1.165) is 63.4 Å². The van der Waals surface area contributed by atoms with Gasteiger partial charge in [-0.25, -0.2) is 0 Å². The molecule has 0 heterocycles. The van der Waals surface area contributed by atoms with Crippen molar-refractivity contribution in [2.24, 2.45) is 5.41 Å². The second kappa shape index (κ2) is 14.1. The van der Waals surface area contributed by atoms with E-state index in [1.165, 1.54) is 36.8 Å². The predicted molar refractivity (Wildman–Crippen MR) is 144 cm³/mol. The van der Waals surface area contributed by atoms with Crippen LogP contribution in [0.1, 0.15) is 115 Å². The van der Waals surface area contributed by atoms with Crippen LogP contribution in [0.2, 0.25) is 0 Å². The minimum Gasteiger partial charge on any atom is -0.427 e. The highest BCUT2D eigenvalue weighted by Crippen LogP contribution is 2.45. The molecule has 0 N–H and O–H groups in total. The summed E-state index contributed by atoms with van der Waals surface area (Å²) in [6, 6.07) is 19.4. The van der Waals surface area contributed by atoms with Crippen LogP contribution < -0.4 is 4.74 Å². The van der Waals surface area contributed by atoms with Gasteiger partial charge in [-0.15, -0.1) is 0 Å². The Morgan fingerprint density at radius 1 is 0.857 bits per heavy atom. The molecule has 0 aliphatic heterocycles. The molecule has 0 bridgehead atoms. The topological polar surface area (TPSA) is 50.1 Å². The molecule has 188 valence electrons. The number of hydrogen-bond acceptors (Lipinski definition) is 3. The second-order valence-corrected chi connectivity index (χ2v) is 10.4. The van der Waals surface area contributed by atoms with Crippen LogP contribution in [0.3, 0.4) is 0 Å². The van der Waals surface area contributed by atoms with Crippen molar-refractivity contribution in [1.82, 2.24) is 0 Å². The van der Waals surface area contributed by atoms with Crippen LogP contribution in [-0.2, 0) is 4.79 Å². The average molecular weight is 474 g/mol. The molecule has 1 fully saturated rings. The highest BCUT2D eigenvalue weighted by molar-refractivity contribution is 5.73. The van der Waals surface area contributed by atoms with Gasteiger partial charge in [0.1, 0.15) is 5.75 Å². The van der Waals surface area contributed by atoms with Crippen LogP contribution in [0.25, 0.3) is 11.1 Å². The lowest BCUT2D eigenvalue weighted by Gasteiger charge is -2.35. The number of carbonyl (C=O) groups is 1. The van der Waals surface area contributed by atoms with Crippen LogP contribution in [0, 0.1) is 16.7 Å². The molecule has 35 heavy (non-hydrogen) atoms. The lowest BCUT2D eigenvalue weighted by Crippen LogP contribution is -2.25. The Labute approximate surface area is 212 Å². The van der Waals surface area contributed by atoms with E-state index in [9.17, 15) is 10.1 Å². The van der Waals surface area contributed by atoms with Gasteiger partial charge in [-0.1, -0.05) is 95.2 Å². The van der Waals surface area contributed by atoms with E-state index in [4.69, 9.17) is 4.74 Å². The molecular formula is C32H43NO2. The fraction of sp³-hybridized carbons (Fsp3) is 0.562. The highest BCUT2D eigenvalue weighted by Gasteiger charge is 2.35. The summed E-state index contributed by atoms with van der Waals surface area (Å²) in [6.07, 6.45) is 15.1. The lowest BCUT2D eigenvalue weighted by molar-refractivity contribution is -0.134. The third kappa shape index (κ3) is 8.24. The Kier molecular flexibility index (Phi) is 10.9. The number of carbonyl (C=O) groups excluding carboxylic acids is 1. The van der Waals surface area contributed by atoms with Gasteiger partial charge in [0, 0.05) is 6.42 Å². The maximum absolute atomic E-state index is 12.1. The molecule has 0 unspecified atom stereocenters. The van der Waals surface area contributed by atoms with E-state index in [1.807, 2.05) is 24.3 Å². The Bertz CT molecular complexity index is 931. The third-order valence-electron chi connectivity index (χ3n) is 7.72. The molecule has 1 saturated carbocycles. The number of nitrogens with zero attached hydrogens (tertiary/aromatic N) is 1. The lowest BCUT2D eigenvalue weighted by atomic mass is 9.67. The summed E-state index contributed by atoms with van der Waals surface area (Å²) in [4.78, 5) is 12.1. The summed E-state index contributed by atoms with van der Waals surface area (Å²) in [5, 5.41) is 9.75. The van der Waals surface area contributed by atoms with Crippen molar-refractivity contribution in [2.45, 2.75) is 110 Å². The van der Waals surface area contributed by atoms with Crippen molar-refractivity contribution in [1.29, 1.82) is 5.26 Å². The molecule has 3 heteroatoms. The first kappa shape index (κ1) is 27.0. The second-order valence-electron chi connectivity index (χ2n) is 10.4.